The van der Waals surface area contributed by atoms with Gasteiger partial charge in [-0.2, -0.15) is 0 Å². The zero-order valence-electron chi connectivity index (χ0n) is 8.63. The number of carboxylic acids is 1. The molecule has 2 aromatic rings. The van der Waals surface area contributed by atoms with E-state index in [1.807, 2.05) is 0 Å². The third-order valence-electron chi connectivity index (χ3n) is 2.29. The summed E-state index contributed by atoms with van der Waals surface area (Å²) in [6.45, 7) is 0. The molecule has 4 nitrogen and oxygen atoms in total. The highest BCUT2D eigenvalue weighted by molar-refractivity contribution is 6.32. The molecule has 0 aliphatic carbocycles. The Morgan fingerprint density at radius 3 is 2.53 bits per heavy atom. The molecular weight excluding hydrogens is 242 g/mol. The lowest BCUT2D eigenvalue weighted by Crippen LogP contribution is -2.24. The Morgan fingerprint density at radius 1 is 1.18 bits per heavy atom. The van der Waals surface area contributed by atoms with E-state index in [9.17, 15) is 9.59 Å². The first-order valence-corrected chi connectivity index (χ1v) is 5.19. The Bertz CT molecular complexity index is 634. The van der Waals surface area contributed by atoms with E-state index in [0.717, 1.165) is 0 Å². The van der Waals surface area contributed by atoms with Gasteiger partial charge in [0.15, 0.2) is 0 Å². The van der Waals surface area contributed by atoms with Crippen molar-refractivity contribution in [3.8, 4) is 5.69 Å². The summed E-state index contributed by atoms with van der Waals surface area (Å²) >= 11 is 5.96. The number of aromatic nitrogens is 1. The number of hydrogen-bond acceptors (Lipinski definition) is 2. The van der Waals surface area contributed by atoms with Crippen LogP contribution in [0.1, 0.15) is 10.4 Å². The molecule has 0 bridgehead atoms. The van der Waals surface area contributed by atoms with Crippen LogP contribution in [-0.2, 0) is 0 Å². The van der Waals surface area contributed by atoms with Crippen LogP contribution in [-0.4, -0.2) is 15.6 Å². The predicted octanol–water partition coefficient (Wildman–Crippen LogP) is 2.19. The molecule has 1 N–H and O–H groups in total. The highest BCUT2D eigenvalue weighted by Gasteiger charge is 2.12. The molecule has 0 amide bonds. The lowest BCUT2D eigenvalue weighted by molar-refractivity contribution is 0.0694. The normalized spacial score (nSPS) is 10.2. The Labute approximate surface area is 102 Å². The number of nitrogens with zero attached hydrogens (tertiary/aromatic N) is 1. The minimum absolute atomic E-state index is 0.285. The molecule has 2 rings (SSSR count). The summed E-state index contributed by atoms with van der Waals surface area (Å²) in [6.07, 6.45) is 1.48. The number of aromatic carboxylic acids is 1. The fourth-order valence-corrected chi connectivity index (χ4v) is 1.72. The van der Waals surface area contributed by atoms with Gasteiger partial charge in [-0.15, -0.1) is 0 Å². The van der Waals surface area contributed by atoms with E-state index in [0.29, 0.717) is 10.7 Å². The molecule has 0 aliphatic rings. The van der Waals surface area contributed by atoms with Gasteiger partial charge in [0.05, 0.1) is 10.7 Å². The first-order valence-electron chi connectivity index (χ1n) is 4.81. The van der Waals surface area contributed by atoms with Crippen LogP contribution in [0.4, 0.5) is 0 Å². The molecule has 5 heteroatoms. The van der Waals surface area contributed by atoms with E-state index in [-0.39, 0.29) is 5.56 Å². The number of pyridine rings is 1. The molecule has 0 unspecified atom stereocenters. The molecule has 0 spiro atoms. The summed E-state index contributed by atoms with van der Waals surface area (Å²) in [5.41, 5.74) is -0.428. The van der Waals surface area contributed by atoms with Crippen LogP contribution in [0.25, 0.3) is 5.69 Å². The van der Waals surface area contributed by atoms with Crippen LogP contribution in [0.2, 0.25) is 5.02 Å². The smallest absolute Gasteiger partial charge is 0.341 e. The molecular formula is C12H8ClNO3. The monoisotopic (exact) mass is 249 g/mol. The first kappa shape index (κ1) is 11.4. The van der Waals surface area contributed by atoms with Crippen molar-refractivity contribution in [3.63, 3.8) is 0 Å². The van der Waals surface area contributed by atoms with Crippen LogP contribution in [0.15, 0.2) is 47.4 Å². The van der Waals surface area contributed by atoms with E-state index in [1.165, 1.54) is 22.9 Å². The van der Waals surface area contributed by atoms with Gasteiger partial charge in [-0.3, -0.25) is 9.36 Å². The van der Waals surface area contributed by atoms with Gasteiger partial charge in [-0.25, -0.2) is 4.79 Å². The van der Waals surface area contributed by atoms with Crippen molar-refractivity contribution < 1.29 is 9.90 Å². The Balaban J connectivity index is 2.70. The fraction of sp³-hybridized carbons (Fsp3) is 0. The number of rotatable bonds is 2. The molecule has 0 radical (unpaired) electrons. The van der Waals surface area contributed by atoms with Crippen molar-refractivity contribution in [1.29, 1.82) is 0 Å². The molecule has 0 aliphatic heterocycles. The summed E-state index contributed by atoms with van der Waals surface area (Å²) in [5.74, 6) is -1.25. The first-order chi connectivity index (χ1) is 8.11. The maximum Gasteiger partial charge on any atom is 0.341 e. The van der Waals surface area contributed by atoms with Crippen molar-refractivity contribution in [1.82, 2.24) is 4.57 Å². The third-order valence-corrected chi connectivity index (χ3v) is 2.61. The van der Waals surface area contributed by atoms with Gasteiger partial charge in [-0.1, -0.05) is 23.7 Å². The SMILES string of the molecule is O=C(O)c1cccn(-c2ccccc2Cl)c1=O. The lowest BCUT2D eigenvalue weighted by Gasteiger charge is -2.07. The highest BCUT2D eigenvalue weighted by atomic mass is 35.5. The van der Waals surface area contributed by atoms with Crippen molar-refractivity contribution in [2.24, 2.45) is 0 Å². The number of para-hydroxylation sites is 1. The lowest BCUT2D eigenvalue weighted by atomic mass is 10.2. The quantitative estimate of drug-likeness (QED) is 0.888. The minimum atomic E-state index is -1.25. The predicted molar refractivity (Wildman–Crippen MR) is 64.0 cm³/mol. The standard InChI is InChI=1S/C12H8ClNO3/c13-9-5-1-2-6-10(9)14-7-3-4-8(11(14)15)12(16)17/h1-7H,(H,16,17). The zero-order valence-corrected chi connectivity index (χ0v) is 9.39. The molecule has 0 saturated heterocycles. The van der Waals surface area contributed by atoms with Crippen LogP contribution in [0, 0.1) is 0 Å². The van der Waals surface area contributed by atoms with Crippen LogP contribution >= 0.6 is 11.6 Å². The van der Waals surface area contributed by atoms with E-state index in [4.69, 9.17) is 16.7 Å². The van der Waals surface area contributed by atoms with Gasteiger partial charge in [0.25, 0.3) is 5.56 Å². The van der Waals surface area contributed by atoms with Gasteiger partial charge in [0.1, 0.15) is 5.56 Å². The number of benzene rings is 1. The molecule has 17 heavy (non-hydrogen) atoms. The molecule has 1 heterocycles. The second-order valence-electron chi connectivity index (χ2n) is 3.35. The van der Waals surface area contributed by atoms with Gasteiger partial charge in [-0.05, 0) is 24.3 Å². The van der Waals surface area contributed by atoms with E-state index in [2.05, 4.69) is 0 Å². The third kappa shape index (κ3) is 2.07. The average molecular weight is 250 g/mol. The van der Waals surface area contributed by atoms with Crippen LogP contribution < -0.4 is 5.56 Å². The number of halogens is 1. The molecule has 0 fully saturated rings. The molecule has 0 atom stereocenters. The molecule has 1 aromatic carbocycles. The molecule has 1 aromatic heterocycles. The Hall–Kier alpha value is -2.07. The van der Waals surface area contributed by atoms with Gasteiger partial charge >= 0.3 is 5.97 Å². The summed E-state index contributed by atoms with van der Waals surface area (Å²) in [5, 5.41) is 9.25. The fourth-order valence-electron chi connectivity index (χ4n) is 1.49. The van der Waals surface area contributed by atoms with Crippen molar-refractivity contribution in [3.05, 3.63) is 63.5 Å². The number of carbonyl (C=O) groups is 1. The summed E-state index contributed by atoms with van der Waals surface area (Å²) in [7, 11) is 0. The minimum Gasteiger partial charge on any atom is -0.477 e. The maximum absolute atomic E-state index is 11.9. The number of carboxylic acid groups (broad SMARTS) is 1. The Kier molecular flexibility index (Phi) is 2.97. The number of hydrogen-bond donors (Lipinski definition) is 1. The summed E-state index contributed by atoms with van der Waals surface area (Å²) in [4.78, 5) is 22.7. The Morgan fingerprint density at radius 2 is 1.88 bits per heavy atom. The van der Waals surface area contributed by atoms with Gasteiger partial charge in [0.2, 0.25) is 0 Å². The topological polar surface area (TPSA) is 59.3 Å². The maximum atomic E-state index is 11.9. The van der Waals surface area contributed by atoms with Gasteiger partial charge < -0.3 is 5.11 Å². The van der Waals surface area contributed by atoms with E-state index in [1.54, 1.807) is 24.3 Å². The second kappa shape index (κ2) is 4.43. The van der Waals surface area contributed by atoms with Crippen molar-refractivity contribution in [2.75, 3.05) is 0 Å². The highest BCUT2D eigenvalue weighted by Crippen LogP contribution is 2.17. The van der Waals surface area contributed by atoms with Crippen LogP contribution in [0.5, 0.6) is 0 Å². The van der Waals surface area contributed by atoms with Crippen molar-refractivity contribution in [2.45, 2.75) is 0 Å². The molecule has 86 valence electrons. The zero-order chi connectivity index (χ0) is 12.4. The summed E-state index contributed by atoms with van der Waals surface area (Å²) < 4.78 is 1.21. The van der Waals surface area contributed by atoms with Gasteiger partial charge in [0, 0.05) is 6.20 Å². The van der Waals surface area contributed by atoms with Crippen LogP contribution in [0.3, 0.4) is 0 Å². The largest absolute Gasteiger partial charge is 0.477 e. The van der Waals surface area contributed by atoms with E-state index < -0.39 is 11.5 Å². The second-order valence-corrected chi connectivity index (χ2v) is 3.76. The average Bonchev–Trinajstić information content (AvgIpc) is 2.30. The molecule has 0 saturated carbocycles. The van der Waals surface area contributed by atoms with E-state index >= 15 is 0 Å². The van der Waals surface area contributed by atoms with Crippen molar-refractivity contribution >= 4 is 17.6 Å². The summed E-state index contributed by atoms with van der Waals surface area (Å²) in [6, 6.07) is 9.50.